The van der Waals surface area contributed by atoms with Crippen molar-refractivity contribution in [3.63, 3.8) is 0 Å². The number of hydrogen-bond acceptors (Lipinski definition) is 3. The van der Waals surface area contributed by atoms with E-state index in [0.717, 1.165) is 0 Å². The summed E-state index contributed by atoms with van der Waals surface area (Å²) in [5.41, 5.74) is 0.776. The number of benzene rings is 2. The number of ether oxygens (including phenoxy) is 2. The molecule has 0 radical (unpaired) electrons. The molecule has 3 nitrogen and oxygen atoms in total. The lowest BCUT2D eigenvalue weighted by atomic mass is 10.0. The van der Waals surface area contributed by atoms with Gasteiger partial charge >= 0.3 is 0 Å². The highest BCUT2D eigenvalue weighted by molar-refractivity contribution is 6.32. The van der Waals surface area contributed by atoms with Crippen molar-refractivity contribution in [2.75, 3.05) is 14.2 Å². The van der Waals surface area contributed by atoms with E-state index in [9.17, 15) is 4.79 Å². The van der Waals surface area contributed by atoms with Gasteiger partial charge in [-0.3, -0.25) is 4.79 Å². The monoisotopic (exact) mass is 310 g/mol. The van der Waals surface area contributed by atoms with E-state index in [1.54, 1.807) is 36.4 Å². The number of methoxy groups -OCH3 is 2. The molecule has 104 valence electrons. The minimum absolute atomic E-state index is 0.238. The fraction of sp³-hybridized carbons (Fsp3) is 0.133. The first-order valence-corrected chi connectivity index (χ1v) is 6.54. The molecule has 0 unspecified atom stereocenters. The first-order valence-electron chi connectivity index (χ1n) is 5.78. The smallest absolute Gasteiger partial charge is 0.200 e. The third-order valence-corrected chi connectivity index (χ3v) is 3.28. The van der Waals surface area contributed by atoms with Crippen LogP contribution in [0.1, 0.15) is 15.9 Å². The Bertz CT molecular complexity index is 654. The molecule has 5 heteroatoms. The van der Waals surface area contributed by atoms with Crippen LogP contribution in [-0.4, -0.2) is 20.0 Å². The maximum Gasteiger partial charge on any atom is 0.200 e. The predicted molar refractivity (Wildman–Crippen MR) is 79.4 cm³/mol. The first kappa shape index (κ1) is 14.7. The first-order chi connectivity index (χ1) is 9.56. The molecular formula is C15H12Cl2O3. The molecule has 0 spiro atoms. The van der Waals surface area contributed by atoms with Crippen LogP contribution in [0, 0.1) is 0 Å². The van der Waals surface area contributed by atoms with Gasteiger partial charge in [0.2, 0.25) is 5.78 Å². The van der Waals surface area contributed by atoms with Gasteiger partial charge < -0.3 is 9.47 Å². The summed E-state index contributed by atoms with van der Waals surface area (Å²) in [4.78, 5) is 12.6. The van der Waals surface area contributed by atoms with Gasteiger partial charge in [-0.1, -0.05) is 23.2 Å². The number of halogens is 2. The molecule has 0 aliphatic heterocycles. The van der Waals surface area contributed by atoms with E-state index in [1.165, 1.54) is 14.2 Å². The largest absolute Gasteiger partial charge is 0.496 e. The lowest BCUT2D eigenvalue weighted by Gasteiger charge is -2.11. The summed E-state index contributed by atoms with van der Waals surface area (Å²) < 4.78 is 10.4. The van der Waals surface area contributed by atoms with Crippen LogP contribution in [0.25, 0.3) is 0 Å². The van der Waals surface area contributed by atoms with E-state index < -0.39 is 0 Å². The van der Waals surface area contributed by atoms with Crippen LogP contribution in [0.5, 0.6) is 11.5 Å². The fourth-order valence-corrected chi connectivity index (χ4v) is 2.19. The zero-order chi connectivity index (χ0) is 14.7. The number of carbonyl (C=O) groups is 1. The summed E-state index contributed by atoms with van der Waals surface area (Å²) in [6.45, 7) is 0. The third-order valence-electron chi connectivity index (χ3n) is 2.81. The zero-order valence-electron chi connectivity index (χ0n) is 10.9. The standard InChI is InChI=1S/C15H12Cl2O3/c1-19-13-6-4-9(16)7-12(13)15(18)11-5-3-10(17)8-14(11)20-2/h3-8H,1-2H3. The second-order valence-corrected chi connectivity index (χ2v) is 4.89. The van der Waals surface area contributed by atoms with E-state index >= 15 is 0 Å². The molecule has 0 saturated carbocycles. The Labute approximate surface area is 127 Å². The van der Waals surface area contributed by atoms with Crippen LogP contribution >= 0.6 is 23.2 Å². The molecule has 0 aliphatic rings. The van der Waals surface area contributed by atoms with Crippen molar-refractivity contribution in [2.24, 2.45) is 0 Å². The van der Waals surface area contributed by atoms with Gasteiger partial charge in [-0.25, -0.2) is 0 Å². The molecule has 0 saturated heterocycles. The molecule has 0 amide bonds. The summed E-state index contributed by atoms with van der Waals surface area (Å²) in [5.74, 6) is 0.624. The van der Waals surface area contributed by atoms with Crippen molar-refractivity contribution in [2.45, 2.75) is 0 Å². The van der Waals surface area contributed by atoms with Crippen molar-refractivity contribution in [1.82, 2.24) is 0 Å². The molecule has 20 heavy (non-hydrogen) atoms. The molecule has 0 bridgehead atoms. The van der Waals surface area contributed by atoms with Gasteiger partial charge in [0.1, 0.15) is 11.5 Å². The molecule has 0 fully saturated rings. The Morgan fingerprint density at radius 2 is 1.45 bits per heavy atom. The minimum atomic E-state index is -0.238. The van der Waals surface area contributed by atoms with Crippen LogP contribution in [0.2, 0.25) is 10.0 Å². The Hall–Kier alpha value is -1.71. The van der Waals surface area contributed by atoms with Gasteiger partial charge in [0.25, 0.3) is 0 Å². The fourth-order valence-electron chi connectivity index (χ4n) is 1.86. The molecule has 2 rings (SSSR count). The average Bonchev–Trinajstić information content (AvgIpc) is 2.46. The molecule has 0 aliphatic carbocycles. The molecule has 2 aromatic carbocycles. The van der Waals surface area contributed by atoms with Gasteiger partial charge in [-0.15, -0.1) is 0 Å². The summed E-state index contributed by atoms with van der Waals surface area (Å²) in [6.07, 6.45) is 0. The Morgan fingerprint density at radius 3 is 2.10 bits per heavy atom. The van der Waals surface area contributed by atoms with Crippen LogP contribution in [0.4, 0.5) is 0 Å². The van der Waals surface area contributed by atoms with Crippen molar-refractivity contribution >= 4 is 29.0 Å². The van der Waals surface area contributed by atoms with Crippen LogP contribution < -0.4 is 9.47 Å². The Morgan fingerprint density at radius 1 is 0.850 bits per heavy atom. The van der Waals surface area contributed by atoms with Gasteiger partial charge in [-0.2, -0.15) is 0 Å². The lowest BCUT2D eigenvalue weighted by Crippen LogP contribution is -2.06. The van der Waals surface area contributed by atoms with E-state index in [4.69, 9.17) is 32.7 Å². The number of carbonyl (C=O) groups excluding carboxylic acids is 1. The van der Waals surface area contributed by atoms with Gasteiger partial charge in [0.15, 0.2) is 0 Å². The Balaban J connectivity index is 2.54. The predicted octanol–water partition coefficient (Wildman–Crippen LogP) is 4.24. The quantitative estimate of drug-likeness (QED) is 0.792. The summed E-state index contributed by atoms with van der Waals surface area (Å²) in [5, 5.41) is 0.957. The topological polar surface area (TPSA) is 35.5 Å². The molecule has 0 N–H and O–H groups in total. The molecular weight excluding hydrogens is 299 g/mol. The van der Waals surface area contributed by atoms with Crippen molar-refractivity contribution in [3.8, 4) is 11.5 Å². The van der Waals surface area contributed by atoms with E-state index in [1.807, 2.05) is 0 Å². The summed E-state index contributed by atoms with van der Waals surface area (Å²) in [6, 6.07) is 9.72. The number of hydrogen-bond donors (Lipinski definition) is 0. The third kappa shape index (κ3) is 2.89. The highest BCUT2D eigenvalue weighted by atomic mass is 35.5. The van der Waals surface area contributed by atoms with Crippen molar-refractivity contribution < 1.29 is 14.3 Å². The zero-order valence-corrected chi connectivity index (χ0v) is 12.5. The summed E-state index contributed by atoms with van der Waals surface area (Å²) >= 11 is 11.8. The molecule has 0 atom stereocenters. The number of rotatable bonds is 4. The average molecular weight is 311 g/mol. The molecule has 0 aromatic heterocycles. The van der Waals surface area contributed by atoms with Gasteiger partial charge in [0, 0.05) is 10.0 Å². The van der Waals surface area contributed by atoms with Crippen LogP contribution in [-0.2, 0) is 0 Å². The second-order valence-electron chi connectivity index (χ2n) is 4.02. The van der Waals surface area contributed by atoms with Gasteiger partial charge in [0.05, 0.1) is 25.3 Å². The maximum atomic E-state index is 12.6. The molecule has 2 aromatic rings. The van der Waals surface area contributed by atoms with Crippen molar-refractivity contribution in [1.29, 1.82) is 0 Å². The lowest BCUT2D eigenvalue weighted by molar-refractivity contribution is 0.103. The normalized spacial score (nSPS) is 10.2. The summed E-state index contributed by atoms with van der Waals surface area (Å²) in [7, 11) is 2.98. The van der Waals surface area contributed by atoms with E-state index in [-0.39, 0.29) is 5.78 Å². The van der Waals surface area contributed by atoms with Crippen LogP contribution in [0.15, 0.2) is 36.4 Å². The highest BCUT2D eigenvalue weighted by Crippen LogP contribution is 2.30. The maximum absolute atomic E-state index is 12.6. The van der Waals surface area contributed by atoms with Crippen LogP contribution in [0.3, 0.4) is 0 Å². The van der Waals surface area contributed by atoms with E-state index in [0.29, 0.717) is 32.7 Å². The van der Waals surface area contributed by atoms with Gasteiger partial charge in [-0.05, 0) is 36.4 Å². The minimum Gasteiger partial charge on any atom is -0.496 e. The van der Waals surface area contributed by atoms with E-state index in [2.05, 4.69) is 0 Å². The number of ketones is 1. The second kappa shape index (κ2) is 6.16. The SMILES string of the molecule is COc1cc(Cl)ccc1C(=O)c1cc(Cl)ccc1OC. The molecule has 0 heterocycles. The highest BCUT2D eigenvalue weighted by Gasteiger charge is 2.19. The Kier molecular flexibility index (Phi) is 4.53. The van der Waals surface area contributed by atoms with Crippen molar-refractivity contribution in [3.05, 3.63) is 57.6 Å².